The van der Waals surface area contributed by atoms with Crippen molar-refractivity contribution in [2.24, 2.45) is 0 Å². The van der Waals surface area contributed by atoms with Gasteiger partial charge in [0.1, 0.15) is 5.75 Å². The van der Waals surface area contributed by atoms with Crippen LogP contribution in [0, 0.1) is 10.1 Å². The van der Waals surface area contributed by atoms with Crippen LogP contribution < -0.4 is 4.74 Å². The maximum absolute atomic E-state index is 8.36. The van der Waals surface area contributed by atoms with Crippen LogP contribution in [0.1, 0.15) is 0 Å². The van der Waals surface area contributed by atoms with Gasteiger partial charge in [-0.15, -0.1) is 10.1 Å². The van der Waals surface area contributed by atoms with Crippen LogP contribution in [0.25, 0.3) is 0 Å². The fourth-order valence-electron chi connectivity index (χ4n) is 0.399. The average Bonchev–Trinajstić information content (AvgIpc) is 2.05. The van der Waals surface area contributed by atoms with Gasteiger partial charge in [-0.3, -0.25) is 0 Å². The molecule has 0 bridgehead atoms. The fourth-order valence-corrected chi connectivity index (χ4v) is 0.399. The molecule has 66 valence electrons. The molecule has 0 aliphatic heterocycles. The predicted octanol–water partition coefficient (Wildman–Crippen LogP) is 0.137. The summed E-state index contributed by atoms with van der Waals surface area (Å²) in [5, 5.41) is 20.8. The van der Waals surface area contributed by atoms with Crippen molar-refractivity contribution in [2.75, 3.05) is 7.11 Å². The third kappa shape index (κ3) is 6.20. The Balaban J connectivity index is 0.000000261. The summed E-state index contributed by atoms with van der Waals surface area (Å²) in [6, 6.07) is 1.74. The van der Waals surface area contributed by atoms with E-state index >= 15 is 0 Å². The van der Waals surface area contributed by atoms with Gasteiger partial charge in [-0.05, 0) is 0 Å². The standard InChI is InChI=1S/C5H6N2O.HNO3/c1-8-5-2-3-6-7-4-5;2-1(3)4/h2-4H,1H3;(H,2,3,4). The van der Waals surface area contributed by atoms with Crippen molar-refractivity contribution >= 4 is 0 Å². The Morgan fingerprint density at radius 1 is 1.67 bits per heavy atom. The molecule has 1 aromatic rings. The van der Waals surface area contributed by atoms with Gasteiger partial charge in [-0.1, -0.05) is 0 Å². The number of hydrogen-bond donors (Lipinski definition) is 1. The Hall–Kier alpha value is -1.92. The Bertz CT molecular complexity index is 223. The van der Waals surface area contributed by atoms with Gasteiger partial charge in [0.2, 0.25) is 0 Å². The van der Waals surface area contributed by atoms with Crippen LogP contribution >= 0.6 is 0 Å². The maximum atomic E-state index is 8.36. The molecular weight excluding hydrogens is 166 g/mol. The SMILES string of the molecule is COc1ccnnc1.O=[N+]([O-])O. The molecule has 0 saturated heterocycles. The minimum Gasteiger partial charge on any atom is -0.495 e. The third-order valence-electron chi connectivity index (χ3n) is 0.793. The van der Waals surface area contributed by atoms with E-state index in [0.29, 0.717) is 0 Å². The normalized spacial score (nSPS) is 7.75. The second-order valence-electron chi connectivity index (χ2n) is 1.52. The van der Waals surface area contributed by atoms with Crippen molar-refractivity contribution in [1.29, 1.82) is 0 Å². The number of nitrogens with zero attached hydrogens (tertiary/aromatic N) is 3. The van der Waals surface area contributed by atoms with Crippen LogP contribution in [0.2, 0.25) is 0 Å². The number of aromatic nitrogens is 2. The zero-order chi connectivity index (χ0) is 9.40. The van der Waals surface area contributed by atoms with E-state index in [9.17, 15) is 0 Å². The largest absolute Gasteiger partial charge is 0.495 e. The van der Waals surface area contributed by atoms with Gasteiger partial charge in [0, 0.05) is 6.07 Å². The minimum atomic E-state index is -1.50. The molecule has 0 unspecified atom stereocenters. The number of ether oxygens (including phenoxy) is 1. The molecule has 0 aliphatic carbocycles. The van der Waals surface area contributed by atoms with Crippen LogP contribution in [0.5, 0.6) is 5.75 Å². The van der Waals surface area contributed by atoms with Crippen LogP contribution in [-0.2, 0) is 0 Å². The Morgan fingerprint density at radius 2 is 2.25 bits per heavy atom. The number of hydrogen-bond acceptors (Lipinski definition) is 5. The Kier molecular flexibility index (Phi) is 4.90. The molecule has 0 radical (unpaired) electrons. The molecule has 0 fully saturated rings. The summed E-state index contributed by atoms with van der Waals surface area (Å²) in [6.45, 7) is 0. The van der Waals surface area contributed by atoms with Crippen LogP contribution in [-0.4, -0.2) is 27.6 Å². The van der Waals surface area contributed by atoms with Crippen LogP contribution in [0.15, 0.2) is 18.5 Å². The summed E-state index contributed by atoms with van der Waals surface area (Å²) in [6.07, 6.45) is 3.14. The second kappa shape index (κ2) is 5.83. The Labute approximate surface area is 67.7 Å². The molecule has 0 aromatic carbocycles. The summed E-state index contributed by atoms with van der Waals surface area (Å²) in [5.74, 6) is 0.736. The summed E-state index contributed by atoms with van der Waals surface area (Å²) in [4.78, 5) is 8.36. The highest BCUT2D eigenvalue weighted by atomic mass is 16.9. The molecule has 1 N–H and O–H groups in total. The van der Waals surface area contributed by atoms with Gasteiger partial charge in [0.15, 0.2) is 0 Å². The summed E-state index contributed by atoms with van der Waals surface area (Å²) in [5.41, 5.74) is 0. The molecule has 0 saturated carbocycles. The molecule has 1 aromatic heterocycles. The van der Waals surface area contributed by atoms with Gasteiger partial charge < -0.3 is 9.94 Å². The highest BCUT2D eigenvalue weighted by Gasteiger charge is 1.82. The van der Waals surface area contributed by atoms with Crippen LogP contribution in [0.4, 0.5) is 0 Å². The van der Waals surface area contributed by atoms with Gasteiger partial charge in [0.05, 0.1) is 19.5 Å². The first-order valence-electron chi connectivity index (χ1n) is 2.80. The quantitative estimate of drug-likeness (QED) is 0.479. The van der Waals surface area contributed by atoms with Gasteiger partial charge in [-0.25, -0.2) is 0 Å². The van der Waals surface area contributed by atoms with Gasteiger partial charge >= 0.3 is 0 Å². The minimum absolute atomic E-state index is 0.736. The predicted molar refractivity (Wildman–Crippen MR) is 37.4 cm³/mol. The highest BCUT2D eigenvalue weighted by molar-refractivity contribution is 5.11. The van der Waals surface area contributed by atoms with E-state index in [0.717, 1.165) is 5.75 Å². The lowest BCUT2D eigenvalue weighted by molar-refractivity contribution is -0.742. The van der Waals surface area contributed by atoms with E-state index < -0.39 is 5.09 Å². The van der Waals surface area contributed by atoms with E-state index in [2.05, 4.69) is 10.2 Å². The van der Waals surface area contributed by atoms with Crippen molar-refractivity contribution in [3.63, 3.8) is 0 Å². The molecule has 0 atom stereocenters. The molecule has 1 heterocycles. The smallest absolute Gasteiger partial charge is 0.291 e. The average molecular weight is 173 g/mol. The lowest BCUT2D eigenvalue weighted by Crippen LogP contribution is -1.83. The van der Waals surface area contributed by atoms with Crippen LogP contribution in [0.3, 0.4) is 0 Å². The summed E-state index contributed by atoms with van der Waals surface area (Å²) in [7, 11) is 1.59. The first kappa shape index (κ1) is 10.1. The molecular formula is C5H7N3O4. The zero-order valence-corrected chi connectivity index (χ0v) is 6.25. The molecule has 0 spiro atoms. The van der Waals surface area contributed by atoms with E-state index in [-0.39, 0.29) is 0 Å². The second-order valence-corrected chi connectivity index (χ2v) is 1.52. The lowest BCUT2D eigenvalue weighted by Gasteiger charge is -1.92. The molecule has 12 heavy (non-hydrogen) atoms. The molecule has 7 heteroatoms. The lowest BCUT2D eigenvalue weighted by atomic mass is 10.5. The van der Waals surface area contributed by atoms with Crippen molar-refractivity contribution in [3.8, 4) is 5.75 Å². The monoisotopic (exact) mass is 173 g/mol. The highest BCUT2D eigenvalue weighted by Crippen LogP contribution is 2.01. The van der Waals surface area contributed by atoms with Gasteiger partial charge in [0.25, 0.3) is 5.09 Å². The summed E-state index contributed by atoms with van der Waals surface area (Å²) >= 11 is 0. The summed E-state index contributed by atoms with van der Waals surface area (Å²) < 4.78 is 4.81. The molecule has 0 aliphatic rings. The van der Waals surface area contributed by atoms with Crippen molar-refractivity contribution in [3.05, 3.63) is 28.6 Å². The van der Waals surface area contributed by atoms with E-state index in [1.165, 1.54) is 0 Å². The fraction of sp³-hybridized carbons (Fsp3) is 0.200. The topological polar surface area (TPSA) is 98.4 Å². The number of rotatable bonds is 1. The third-order valence-corrected chi connectivity index (χ3v) is 0.793. The molecule has 1 rings (SSSR count). The van der Waals surface area contributed by atoms with Crippen molar-refractivity contribution < 1.29 is 15.0 Å². The first-order valence-corrected chi connectivity index (χ1v) is 2.80. The first-order chi connectivity index (χ1) is 5.66. The Morgan fingerprint density at radius 3 is 2.50 bits per heavy atom. The van der Waals surface area contributed by atoms with Gasteiger partial charge in [-0.2, -0.15) is 10.2 Å². The van der Waals surface area contributed by atoms with Crippen molar-refractivity contribution in [2.45, 2.75) is 0 Å². The zero-order valence-electron chi connectivity index (χ0n) is 6.25. The van der Waals surface area contributed by atoms with Crippen molar-refractivity contribution in [1.82, 2.24) is 10.2 Å². The van der Waals surface area contributed by atoms with E-state index in [1.807, 2.05) is 0 Å². The number of methoxy groups -OCH3 is 1. The van der Waals surface area contributed by atoms with E-state index in [1.54, 1.807) is 25.6 Å². The molecule has 7 nitrogen and oxygen atoms in total. The van der Waals surface area contributed by atoms with E-state index in [4.69, 9.17) is 20.1 Å². The maximum Gasteiger partial charge on any atom is 0.291 e. The molecule has 0 amide bonds.